The van der Waals surface area contributed by atoms with Gasteiger partial charge in [-0.05, 0) is 55.2 Å². The van der Waals surface area contributed by atoms with Crippen LogP contribution in [0.4, 0.5) is 0 Å². The van der Waals surface area contributed by atoms with Gasteiger partial charge in [-0.1, -0.05) is 53.5 Å². The highest BCUT2D eigenvalue weighted by atomic mass is 35.5. The molecular formula is C30H30Cl2N6O2. The zero-order chi connectivity index (χ0) is 28.4. The Labute approximate surface area is 242 Å². The molecule has 0 unspecified atom stereocenters. The summed E-state index contributed by atoms with van der Waals surface area (Å²) in [5, 5.41) is 11.1. The smallest absolute Gasteiger partial charge is 0.253 e. The Morgan fingerprint density at radius 2 is 1.73 bits per heavy atom. The van der Waals surface area contributed by atoms with Gasteiger partial charge in [-0.15, -0.1) is 0 Å². The number of aromatic nitrogens is 2. The van der Waals surface area contributed by atoms with Crippen LogP contribution >= 0.6 is 23.2 Å². The van der Waals surface area contributed by atoms with Crippen molar-refractivity contribution in [3.63, 3.8) is 0 Å². The molecule has 0 saturated carbocycles. The minimum absolute atomic E-state index is 0.0395. The summed E-state index contributed by atoms with van der Waals surface area (Å²) in [5.74, 6) is 0.693. The molecule has 10 heteroatoms. The molecule has 0 atom stereocenters. The number of nitrogen functional groups attached to an aromatic ring is 1. The van der Waals surface area contributed by atoms with E-state index in [0.29, 0.717) is 47.6 Å². The van der Waals surface area contributed by atoms with Crippen LogP contribution in [-0.2, 0) is 19.9 Å². The van der Waals surface area contributed by atoms with Crippen molar-refractivity contribution in [3.8, 4) is 0 Å². The van der Waals surface area contributed by atoms with Crippen LogP contribution in [0.25, 0.3) is 11.0 Å². The summed E-state index contributed by atoms with van der Waals surface area (Å²) in [6.07, 6.45) is 2.85. The number of hydrogen-bond acceptors (Lipinski definition) is 4. The van der Waals surface area contributed by atoms with Gasteiger partial charge in [0.2, 0.25) is 0 Å². The number of rotatable bonds is 7. The first-order valence-electron chi connectivity index (χ1n) is 13.1. The summed E-state index contributed by atoms with van der Waals surface area (Å²) >= 11 is 12.2. The normalized spacial score (nSPS) is 13.9. The van der Waals surface area contributed by atoms with E-state index in [9.17, 15) is 9.59 Å². The van der Waals surface area contributed by atoms with E-state index in [0.717, 1.165) is 35.3 Å². The van der Waals surface area contributed by atoms with E-state index in [2.05, 4.69) is 9.88 Å². The Hall–Kier alpha value is -3.88. The third-order valence-electron chi connectivity index (χ3n) is 7.44. The van der Waals surface area contributed by atoms with Crippen molar-refractivity contribution in [3.05, 3.63) is 98.8 Å². The number of amidine groups is 1. The Morgan fingerprint density at radius 1 is 1.02 bits per heavy atom. The molecule has 4 N–H and O–H groups in total. The molecule has 1 aliphatic heterocycles. The number of aryl methyl sites for hydroxylation is 3. The number of halogens is 2. The highest BCUT2D eigenvalue weighted by Crippen LogP contribution is 2.26. The molecule has 1 saturated heterocycles. The Balaban J connectivity index is 1.20. The summed E-state index contributed by atoms with van der Waals surface area (Å²) in [6, 6.07) is 18.3. The predicted molar refractivity (Wildman–Crippen MR) is 158 cm³/mol. The van der Waals surface area contributed by atoms with Crippen LogP contribution < -0.4 is 11.1 Å². The lowest BCUT2D eigenvalue weighted by Gasteiger charge is -2.32. The minimum atomic E-state index is -0.262. The lowest BCUT2D eigenvalue weighted by molar-refractivity contribution is 0.0698. The van der Waals surface area contributed by atoms with Gasteiger partial charge >= 0.3 is 0 Å². The Morgan fingerprint density at radius 3 is 2.42 bits per heavy atom. The first kappa shape index (κ1) is 27.7. The van der Waals surface area contributed by atoms with E-state index in [1.807, 2.05) is 54.4 Å². The van der Waals surface area contributed by atoms with Crippen LogP contribution in [0.3, 0.4) is 0 Å². The zero-order valence-electron chi connectivity index (χ0n) is 22.1. The number of hydrogen-bond donors (Lipinski definition) is 3. The lowest BCUT2D eigenvalue weighted by atomic mass is 10.0. The highest BCUT2D eigenvalue weighted by Gasteiger charge is 2.26. The number of nitrogens with zero attached hydrogens (tertiary/aromatic N) is 3. The van der Waals surface area contributed by atoms with Gasteiger partial charge < -0.3 is 20.5 Å². The van der Waals surface area contributed by atoms with Crippen LogP contribution in [0.1, 0.15) is 50.5 Å². The van der Waals surface area contributed by atoms with Crippen LogP contribution in [0.15, 0.2) is 60.7 Å². The van der Waals surface area contributed by atoms with Crippen LogP contribution in [0, 0.1) is 5.41 Å². The van der Waals surface area contributed by atoms with Gasteiger partial charge in [0.25, 0.3) is 11.8 Å². The first-order valence-corrected chi connectivity index (χ1v) is 13.9. The second kappa shape index (κ2) is 11.7. The van der Waals surface area contributed by atoms with Crippen LogP contribution in [-0.4, -0.2) is 51.2 Å². The Kier molecular flexibility index (Phi) is 8.09. The fraction of sp³-hybridized carbons (Fsp3) is 0.267. The average molecular weight is 578 g/mol. The largest absolute Gasteiger partial charge is 0.384 e. The van der Waals surface area contributed by atoms with Crippen molar-refractivity contribution in [2.24, 2.45) is 12.8 Å². The fourth-order valence-electron chi connectivity index (χ4n) is 5.07. The van der Waals surface area contributed by atoms with Gasteiger partial charge in [0.05, 0.1) is 26.6 Å². The summed E-state index contributed by atoms with van der Waals surface area (Å²) in [4.78, 5) is 32.6. The monoisotopic (exact) mass is 576 g/mol. The molecule has 4 aromatic rings. The highest BCUT2D eigenvalue weighted by molar-refractivity contribution is 6.43. The second-order valence-electron chi connectivity index (χ2n) is 10.0. The third kappa shape index (κ3) is 5.83. The molecule has 1 aliphatic rings. The van der Waals surface area contributed by atoms with Gasteiger partial charge in [-0.2, -0.15) is 0 Å². The maximum absolute atomic E-state index is 13.3. The lowest BCUT2D eigenvalue weighted by Crippen LogP contribution is -2.46. The fourth-order valence-corrected chi connectivity index (χ4v) is 5.45. The number of piperidine rings is 1. The van der Waals surface area contributed by atoms with Crippen molar-refractivity contribution in [1.29, 1.82) is 5.41 Å². The van der Waals surface area contributed by atoms with Crippen LogP contribution in [0.2, 0.25) is 10.0 Å². The summed E-state index contributed by atoms with van der Waals surface area (Å²) in [5.41, 5.74) is 10.1. The van der Waals surface area contributed by atoms with Crippen molar-refractivity contribution >= 4 is 51.9 Å². The summed E-state index contributed by atoms with van der Waals surface area (Å²) < 4.78 is 2.06. The maximum atomic E-state index is 13.3. The van der Waals surface area contributed by atoms with E-state index in [1.165, 1.54) is 0 Å². The van der Waals surface area contributed by atoms with E-state index < -0.39 is 0 Å². The molecule has 8 nitrogen and oxygen atoms in total. The van der Waals surface area contributed by atoms with Crippen molar-refractivity contribution in [2.75, 3.05) is 13.1 Å². The molecule has 0 spiro atoms. The zero-order valence-corrected chi connectivity index (χ0v) is 23.6. The Bertz CT molecular complexity index is 1590. The molecule has 1 fully saturated rings. The van der Waals surface area contributed by atoms with Crippen LogP contribution in [0.5, 0.6) is 0 Å². The predicted octanol–water partition coefficient (Wildman–Crippen LogP) is 4.98. The first-order chi connectivity index (χ1) is 19.2. The maximum Gasteiger partial charge on any atom is 0.253 e. The topological polar surface area (TPSA) is 117 Å². The van der Waals surface area contributed by atoms with Gasteiger partial charge in [0.1, 0.15) is 11.7 Å². The van der Waals surface area contributed by atoms with E-state index >= 15 is 0 Å². The van der Waals surface area contributed by atoms with E-state index in [4.69, 9.17) is 39.3 Å². The van der Waals surface area contributed by atoms with Gasteiger partial charge in [0.15, 0.2) is 0 Å². The summed E-state index contributed by atoms with van der Waals surface area (Å²) in [6.45, 7) is 1.09. The number of carbonyl (C=O) groups is 2. The molecular weight excluding hydrogens is 547 g/mol. The molecule has 2 heterocycles. The average Bonchev–Trinajstić information content (AvgIpc) is 3.28. The number of benzene rings is 3. The number of nitrogens with one attached hydrogen (secondary N) is 2. The third-order valence-corrected chi connectivity index (χ3v) is 8.26. The molecule has 40 heavy (non-hydrogen) atoms. The summed E-state index contributed by atoms with van der Waals surface area (Å²) in [7, 11) is 1.99. The minimum Gasteiger partial charge on any atom is -0.384 e. The van der Waals surface area contributed by atoms with Crippen molar-refractivity contribution < 1.29 is 9.59 Å². The number of nitrogens with two attached hydrogens (primary N) is 1. The standard InChI is InChI=1S/C30H30Cl2N6O2/c1-37-25-11-10-20(17-24(25)36-26(37)12-7-18-5-8-19(9-6-18)28(33)34)30(40)38-15-13-21(14-16-38)35-29(39)22-3-2-4-23(31)27(22)32/h2-6,8-11,17,21H,7,12-16H2,1H3,(H3,33,34)(H,35,39). The van der Waals surface area contributed by atoms with E-state index in [-0.39, 0.29) is 28.7 Å². The van der Waals surface area contributed by atoms with Crippen molar-refractivity contribution in [2.45, 2.75) is 31.7 Å². The molecule has 5 rings (SSSR count). The number of likely N-dealkylation sites (tertiary alicyclic amines) is 1. The molecule has 3 aromatic carbocycles. The van der Waals surface area contributed by atoms with E-state index in [1.54, 1.807) is 18.2 Å². The number of amides is 2. The molecule has 1 aromatic heterocycles. The van der Waals surface area contributed by atoms with Crippen molar-refractivity contribution in [1.82, 2.24) is 19.8 Å². The number of fused-ring (bicyclic) bond motifs is 1. The number of imidazole rings is 1. The van der Waals surface area contributed by atoms with Gasteiger partial charge in [0, 0.05) is 43.7 Å². The quantitative estimate of drug-likeness (QED) is 0.212. The molecule has 2 amide bonds. The molecule has 0 aliphatic carbocycles. The number of carbonyl (C=O) groups excluding carboxylic acids is 2. The molecule has 0 radical (unpaired) electrons. The molecule has 0 bridgehead atoms. The second-order valence-corrected chi connectivity index (χ2v) is 10.8. The SMILES string of the molecule is Cn1c(CCc2ccc(C(=N)N)cc2)nc2cc(C(=O)N3CCC(NC(=O)c4cccc(Cl)c4Cl)CC3)ccc21. The molecule has 206 valence electrons. The van der Waals surface area contributed by atoms with Gasteiger partial charge in [-0.3, -0.25) is 15.0 Å². The van der Waals surface area contributed by atoms with Gasteiger partial charge in [-0.25, -0.2) is 4.98 Å².